The van der Waals surface area contributed by atoms with Gasteiger partial charge in [0.1, 0.15) is 23.0 Å². The number of ether oxygens (including phenoxy) is 1. The average molecular weight is 453 g/mol. The van der Waals surface area contributed by atoms with Gasteiger partial charge in [-0.15, -0.1) is 0 Å². The molecule has 1 aromatic heterocycles. The molecule has 3 aromatic rings. The predicted octanol–water partition coefficient (Wildman–Crippen LogP) is 3.38. The van der Waals surface area contributed by atoms with E-state index in [1.54, 1.807) is 42.5 Å². The van der Waals surface area contributed by atoms with Gasteiger partial charge in [0.25, 0.3) is 5.91 Å². The molecule has 0 aliphatic heterocycles. The zero-order valence-electron chi connectivity index (χ0n) is 17.9. The van der Waals surface area contributed by atoms with Crippen molar-refractivity contribution in [2.24, 2.45) is 0 Å². The van der Waals surface area contributed by atoms with Gasteiger partial charge in [0.15, 0.2) is 9.84 Å². The largest absolute Gasteiger partial charge is 0.457 e. The third-order valence-electron chi connectivity index (χ3n) is 4.77. The fourth-order valence-corrected chi connectivity index (χ4v) is 3.76. The fraction of sp³-hybridized carbons (Fsp3) is 0.208. The Balaban J connectivity index is 1.55. The van der Waals surface area contributed by atoms with Gasteiger partial charge in [0.05, 0.1) is 4.90 Å². The Kier molecular flexibility index (Phi) is 7.37. The van der Waals surface area contributed by atoms with Gasteiger partial charge in [-0.1, -0.05) is 24.3 Å². The van der Waals surface area contributed by atoms with Crippen molar-refractivity contribution in [3.05, 3.63) is 83.7 Å². The van der Waals surface area contributed by atoms with E-state index in [1.807, 2.05) is 12.1 Å². The first-order chi connectivity index (χ1) is 15.2. The SMILES string of the molecule is CNC(=O)c1cc(Oc2ccc(CCC(=O)Cc3cccc(S(C)(=O)=O)c3)cc2)ccn1. The van der Waals surface area contributed by atoms with Crippen LogP contribution >= 0.6 is 0 Å². The van der Waals surface area contributed by atoms with Crippen LogP contribution in [-0.2, 0) is 27.5 Å². The maximum atomic E-state index is 12.4. The van der Waals surface area contributed by atoms with Crippen LogP contribution < -0.4 is 10.1 Å². The molecular formula is C24H24N2O5S. The van der Waals surface area contributed by atoms with Crippen molar-refractivity contribution in [3.8, 4) is 11.5 Å². The van der Waals surface area contributed by atoms with Gasteiger partial charge in [-0.2, -0.15) is 0 Å². The summed E-state index contributed by atoms with van der Waals surface area (Å²) in [6, 6.07) is 17.1. The minimum absolute atomic E-state index is 0.0366. The van der Waals surface area contributed by atoms with Gasteiger partial charge in [0, 0.05) is 38.4 Å². The second-order valence-electron chi connectivity index (χ2n) is 7.34. The molecule has 0 spiro atoms. The number of carbonyl (C=O) groups excluding carboxylic acids is 2. The zero-order valence-corrected chi connectivity index (χ0v) is 18.7. The van der Waals surface area contributed by atoms with E-state index in [0.29, 0.717) is 29.9 Å². The van der Waals surface area contributed by atoms with Crippen molar-refractivity contribution in [2.45, 2.75) is 24.2 Å². The molecule has 0 atom stereocenters. The molecule has 0 aliphatic rings. The molecule has 0 aliphatic carbocycles. The van der Waals surface area contributed by atoms with Gasteiger partial charge in [-0.3, -0.25) is 14.6 Å². The summed E-state index contributed by atoms with van der Waals surface area (Å²) in [6.45, 7) is 0. The number of ketones is 1. The molecule has 166 valence electrons. The van der Waals surface area contributed by atoms with E-state index in [9.17, 15) is 18.0 Å². The fourth-order valence-electron chi connectivity index (χ4n) is 3.07. The molecule has 0 radical (unpaired) electrons. The number of Topliss-reactive ketones (excluding diaryl/α,β-unsaturated/α-hetero) is 1. The number of hydrogen-bond acceptors (Lipinski definition) is 6. The average Bonchev–Trinajstić information content (AvgIpc) is 2.78. The molecule has 0 fully saturated rings. The highest BCUT2D eigenvalue weighted by atomic mass is 32.2. The van der Waals surface area contributed by atoms with Crippen LogP contribution in [0.25, 0.3) is 0 Å². The van der Waals surface area contributed by atoms with Crippen molar-refractivity contribution in [1.29, 1.82) is 0 Å². The minimum Gasteiger partial charge on any atom is -0.457 e. The molecule has 8 heteroatoms. The van der Waals surface area contributed by atoms with Crippen molar-refractivity contribution in [1.82, 2.24) is 10.3 Å². The topological polar surface area (TPSA) is 102 Å². The molecular weight excluding hydrogens is 428 g/mol. The zero-order chi connectivity index (χ0) is 23.1. The molecule has 7 nitrogen and oxygen atoms in total. The number of aryl methyl sites for hydroxylation is 1. The molecule has 2 aromatic carbocycles. The van der Waals surface area contributed by atoms with Crippen LogP contribution in [0.15, 0.2) is 71.8 Å². The number of pyridine rings is 1. The van der Waals surface area contributed by atoms with E-state index in [0.717, 1.165) is 11.8 Å². The van der Waals surface area contributed by atoms with Crippen LogP contribution in [0.1, 0.15) is 28.0 Å². The number of nitrogens with one attached hydrogen (secondary N) is 1. The molecule has 0 saturated carbocycles. The Labute approximate surface area is 187 Å². The number of carbonyl (C=O) groups is 2. The highest BCUT2D eigenvalue weighted by Crippen LogP contribution is 2.22. The summed E-state index contributed by atoms with van der Waals surface area (Å²) in [4.78, 5) is 28.3. The highest BCUT2D eigenvalue weighted by molar-refractivity contribution is 7.90. The number of nitrogens with zero attached hydrogens (tertiary/aromatic N) is 1. The lowest BCUT2D eigenvalue weighted by molar-refractivity contribution is -0.118. The number of sulfone groups is 1. The van der Waals surface area contributed by atoms with Crippen LogP contribution in [0.2, 0.25) is 0 Å². The highest BCUT2D eigenvalue weighted by Gasteiger charge is 2.10. The molecule has 3 rings (SSSR count). The molecule has 1 heterocycles. The molecule has 1 amide bonds. The summed E-state index contributed by atoms with van der Waals surface area (Å²) < 4.78 is 29.1. The second-order valence-corrected chi connectivity index (χ2v) is 9.35. The number of aromatic nitrogens is 1. The summed E-state index contributed by atoms with van der Waals surface area (Å²) in [5, 5.41) is 2.52. The van der Waals surface area contributed by atoms with E-state index in [2.05, 4.69) is 10.3 Å². The van der Waals surface area contributed by atoms with E-state index in [1.165, 1.54) is 19.3 Å². The summed E-state index contributed by atoms with van der Waals surface area (Å²) in [5.41, 5.74) is 1.94. The Bertz CT molecular complexity index is 1220. The van der Waals surface area contributed by atoms with E-state index in [4.69, 9.17) is 4.74 Å². The molecule has 0 bridgehead atoms. The van der Waals surface area contributed by atoms with Crippen LogP contribution in [0.3, 0.4) is 0 Å². The number of hydrogen-bond donors (Lipinski definition) is 1. The standard InChI is InChI=1S/C24H24N2O5S/c1-25-24(28)23-16-21(12-13-26-23)31-20-10-7-17(8-11-20)6-9-19(27)14-18-4-3-5-22(15-18)32(2,29)30/h3-5,7-8,10-13,15-16H,6,9,14H2,1-2H3,(H,25,28). The third-order valence-corrected chi connectivity index (χ3v) is 5.88. The maximum absolute atomic E-state index is 12.4. The minimum atomic E-state index is -3.30. The van der Waals surface area contributed by atoms with Gasteiger partial charge in [0.2, 0.25) is 0 Å². The summed E-state index contributed by atoms with van der Waals surface area (Å²) in [6.07, 6.45) is 3.77. The van der Waals surface area contributed by atoms with Gasteiger partial charge in [-0.25, -0.2) is 8.42 Å². The molecule has 0 saturated heterocycles. The first kappa shape index (κ1) is 23.1. The van der Waals surface area contributed by atoms with Gasteiger partial charge in [-0.05, 0) is 47.9 Å². The number of benzene rings is 2. The van der Waals surface area contributed by atoms with Crippen LogP contribution in [0, 0.1) is 0 Å². The van der Waals surface area contributed by atoms with E-state index in [-0.39, 0.29) is 28.7 Å². The number of rotatable bonds is 9. The van der Waals surface area contributed by atoms with Gasteiger partial charge >= 0.3 is 0 Å². The Morgan fingerprint density at radius 1 is 0.969 bits per heavy atom. The Hall–Kier alpha value is -3.52. The molecule has 0 unspecified atom stereocenters. The van der Waals surface area contributed by atoms with Crippen molar-refractivity contribution >= 4 is 21.5 Å². The Morgan fingerprint density at radius 3 is 2.41 bits per heavy atom. The number of amides is 1. The maximum Gasteiger partial charge on any atom is 0.269 e. The van der Waals surface area contributed by atoms with Crippen LogP contribution in [0.5, 0.6) is 11.5 Å². The molecule has 32 heavy (non-hydrogen) atoms. The van der Waals surface area contributed by atoms with Crippen molar-refractivity contribution < 1.29 is 22.7 Å². The summed E-state index contributed by atoms with van der Waals surface area (Å²) in [7, 11) is -1.76. The quantitative estimate of drug-likeness (QED) is 0.534. The first-order valence-corrected chi connectivity index (χ1v) is 11.9. The third kappa shape index (κ3) is 6.49. The normalized spacial score (nSPS) is 11.1. The lowest BCUT2D eigenvalue weighted by Crippen LogP contribution is -2.18. The summed E-state index contributed by atoms with van der Waals surface area (Å²) in [5.74, 6) is 0.845. The lowest BCUT2D eigenvalue weighted by atomic mass is 10.0. The monoisotopic (exact) mass is 452 g/mol. The smallest absolute Gasteiger partial charge is 0.269 e. The van der Waals surface area contributed by atoms with Crippen LogP contribution in [-0.4, -0.2) is 38.4 Å². The predicted molar refractivity (Wildman–Crippen MR) is 121 cm³/mol. The first-order valence-electron chi connectivity index (χ1n) is 10.0. The van der Waals surface area contributed by atoms with Gasteiger partial charge < -0.3 is 10.1 Å². The second kappa shape index (κ2) is 10.2. The van der Waals surface area contributed by atoms with E-state index < -0.39 is 9.84 Å². The Morgan fingerprint density at radius 2 is 1.72 bits per heavy atom. The van der Waals surface area contributed by atoms with Crippen molar-refractivity contribution in [3.63, 3.8) is 0 Å². The van der Waals surface area contributed by atoms with Crippen molar-refractivity contribution in [2.75, 3.05) is 13.3 Å². The molecule has 1 N–H and O–H groups in total. The summed E-state index contributed by atoms with van der Waals surface area (Å²) >= 11 is 0. The van der Waals surface area contributed by atoms with E-state index >= 15 is 0 Å². The van der Waals surface area contributed by atoms with Crippen LogP contribution in [0.4, 0.5) is 0 Å². The lowest BCUT2D eigenvalue weighted by Gasteiger charge is -2.08.